The van der Waals surface area contributed by atoms with Crippen LogP contribution in [0.15, 0.2) is 17.0 Å². The lowest BCUT2D eigenvalue weighted by atomic mass is 10.1. The zero-order valence-corrected chi connectivity index (χ0v) is 14.1. The molecule has 1 aliphatic rings. The highest BCUT2D eigenvalue weighted by molar-refractivity contribution is 7.89. The number of hydrogen-bond acceptors (Lipinski definition) is 3. The molecule has 0 aromatic heterocycles. The van der Waals surface area contributed by atoms with Crippen LogP contribution in [0.3, 0.4) is 0 Å². The number of aryl methyl sites for hydroxylation is 2. The minimum absolute atomic E-state index is 0.406. The van der Waals surface area contributed by atoms with Gasteiger partial charge in [0.15, 0.2) is 0 Å². The molecule has 1 aromatic carbocycles. The second-order valence-corrected chi connectivity index (χ2v) is 7.58. The maximum atomic E-state index is 12.8. The summed E-state index contributed by atoms with van der Waals surface area (Å²) in [6, 6.07) is 3.56. The van der Waals surface area contributed by atoms with Crippen molar-refractivity contribution in [1.82, 2.24) is 4.31 Å². The Labute approximate surface area is 127 Å². The van der Waals surface area contributed by atoms with Crippen LogP contribution in [-0.4, -0.2) is 52.6 Å². The van der Waals surface area contributed by atoms with E-state index >= 15 is 0 Å². The van der Waals surface area contributed by atoms with Crippen molar-refractivity contribution in [2.75, 3.05) is 39.8 Å². The molecule has 1 fully saturated rings. The molecule has 118 valence electrons. The fourth-order valence-corrected chi connectivity index (χ4v) is 4.33. The van der Waals surface area contributed by atoms with Crippen molar-refractivity contribution in [1.29, 1.82) is 0 Å². The van der Waals surface area contributed by atoms with Crippen LogP contribution in [0.5, 0.6) is 5.75 Å². The highest BCUT2D eigenvalue weighted by atomic mass is 32.2. The van der Waals surface area contributed by atoms with Crippen molar-refractivity contribution in [3.63, 3.8) is 0 Å². The van der Waals surface area contributed by atoms with Gasteiger partial charge < -0.3 is 9.64 Å². The van der Waals surface area contributed by atoms with Crippen LogP contribution < -0.4 is 9.64 Å². The molecule has 0 unspecified atom stereocenters. The van der Waals surface area contributed by atoms with Crippen LogP contribution in [0, 0.1) is 13.8 Å². The molecule has 1 aliphatic heterocycles. The van der Waals surface area contributed by atoms with Gasteiger partial charge in [-0.3, -0.25) is 0 Å². The first-order valence-electron chi connectivity index (χ1n) is 7.41. The third-order valence-corrected chi connectivity index (χ3v) is 6.01. The van der Waals surface area contributed by atoms with Gasteiger partial charge in [0.2, 0.25) is 10.0 Å². The molecule has 0 spiro atoms. The fourth-order valence-electron chi connectivity index (χ4n) is 2.60. The number of rotatable bonds is 4. The number of piperazine rings is 1. The van der Waals surface area contributed by atoms with E-state index in [1.807, 2.05) is 26.8 Å². The van der Waals surface area contributed by atoms with E-state index < -0.39 is 10.0 Å². The quantitative estimate of drug-likeness (QED) is 0.865. The molecule has 2 rings (SSSR count). The molecule has 5 nitrogen and oxygen atoms in total. The summed E-state index contributed by atoms with van der Waals surface area (Å²) in [6.07, 6.45) is 0. The Balaban J connectivity index is 2.34. The Morgan fingerprint density at radius 1 is 1.19 bits per heavy atom. The molecule has 0 amide bonds. The van der Waals surface area contributed by atoms with Crippen molar-refractivity contribution in [3.8, 4) is 5.75 Å². The third-order valence-electron chi connectivity index (χ3n) is 3.97. The summed E-state index contributed by atoms with van der Waals surface area (Å²) < 4.78 is 32.8. The van der Waals surface area contributed by atoms with E-state index in [1.54, 1.807) is 10.4 Å². The van der Waals surface area contributed by atoms with Crippen LogP contribution in [0.4, 0.5) is 0 Å². The minimum atomic E-state index is -3.41. The van der Waals surface area contributed by atoms with Gasteiger partial charge in [0.05, 0.1) is 44.7 Å². The monoisotopic (exact) mass is 313 g/mol. The fraction of sp³-hybridized carbons (Fsp3) is 0.600. The van der Waals surface area contributed by atoms with Gasteiger partial charge >= 0.3 is 0 Å². The van der Waals surface area contributed by atoms with Crippen LogP contribution in [0.2, 0.25) is 0 Å². The third kappa shape index (κ3) is 3.39. The van der Waals surface area contributed by atoms with Crippen molar-refractivity contribution in [2.24, 2.45) is 0 Å². The predicted molar refractivity (Wildman–Crippen MR) is 82.5 cm³/mol. The summed E-state index contributed by atoms with van der Waals surface area (Å²) in [6.45, 7) is 9.09. The van der Waals surface area contributed by atoms with E-state index in [9.17, 15) is 8.42 Å². The van der Waals surface area contributed by atoms with E-state index in [0.717, 1.165) is 30.0 Å². The lowest BCUT2D eigenvalue weighted by molar-refractivity contribution is -0.883. The Hall–Kier alpha value is -1.11. The Kier molecular flexibility index (Phi) is 4.91. The van der Waals surface area contributed by atoms with Gasteiger partial charge in [-0.1, -0.05) is 0 Å². The number of ether oxygens (including phenoxy) is 1. The number of benzene rings is 1. The number of hydrogen-bond donors (Lipinski definition) is 1. The van der Waals surface area contributed by atoms with Crippen molar-refractivity contribution in [2.45, 2.75) is 25.7 Å². The normalized spacial score (nSPS) is 17.9. The maximum Gasteiger partial charge on any atom is 0.243 e. The summed E-state index contributed by atoms with van der Waals surface area (Å²) >= 11 is 0. The number of nitrogens with zero attached hydrogens (tertiary/aromatic N) is 1. The average Bonchev–Trinajstić information content (AvgIpc) is 2.43. The molecule has 0 aliphatic carbocycles. The van der Waals surface area contributed by atoms with Crippen molar-refractivity contribution < 1.29 is 18.1 Å². The standard InChI is InChI=1S/C15H24N2O3S/c1-5-20-14-10-13(3)15(11-12(14)2)21(18,19)17-8-6-16(4)7-9-17/h10-11H,5-9H2,1-4H3/p+1. The van der Waals surface area contributed by atoms with Gasteiger partial charge in [-0.25, -0.2) is 8.42 Å². The lowest BCUT2D eigenvalue weighted by Gasteiger charge is -2.30. The van der Waals surface area contributed by atoms with Gasteiger partial charge in [0, 0.05) is 0 Å². The second-order valence-electron chi connectivity index (χ2n) is 5.68. The predicted octanol–water partition coefficient (Wildman–Crippen LogP) is 0.221. The number of sulfonamides is 1. The number of likely N-dealkylation sites (N-methyl/N-ethyl adjacent to an activating group) is 1. The van der Waals surface area contributed by atoms with Gasteiger partial charge in [-0.15, -0.1) is 0 Å². The molecular formula is C15H25N2O3S+. The SMILES string of the molecule is CCOc1cc(C)c(S(=O)(=O)N2CC[NH+](C)CC2)cc1C. The van der Waals surface area contributed by atoms with E-state index in [4.69, 9.17) is 4.74 Å². The zero-order chi connectivity index (χ0) is 15.6. The largest absolute Gasteiger partial charge is 0.494 e. The van der Waals surface area contributed by atoms with E-state index in [1.165, 1.54) is 4.90 Å². The Bertz CT molecular complexity index is 606. The van der Waals surface area contributed by atoms with Crippen LogP contribution in [0.25, 0.3) is 0 Å². The number of quaternary nitrogens is 1. The summed E-state index contributed by atoms with van der Waals surface area (Å²) in [5.41, 5.74) is 1.61. The average molecular weight is 313 g/mol. The molecule has 1 saturated heterocycles. The van der Waals surface area contributed by atoms with Crippen molar-refractivity contribution in [3.05, 3.63) is 23.3 Å². The number of nitrogens with one attached hydrogen (secondary N) is 1. The molecular weight excluding hydrogens is 288 g/mol. The van der Waals surface area contributed by atoms with Gasteiger partial charge in [-0.2, -0.15) is 4.31 Å². The van der Waals surface area contributed by atoms with Gasteiger partial charge in [0.25, 0.3) is 0 Å². The van der Waals surface area contributed by atoms with Gasteiger partial charge in [-0.05, 0) is 44.0 Å². The second kappa shape index (κ2) is 6.34. The van der Waals surface area contributed by atoms with E-state index in [0.29, 0.717) is 24.6 Å². The summed E-state index contributed by atoms with van der Waals surface area (Å²) in [4.78, 5) is 1.78. The van der Waals surface area contributed by atoms with Gasteiger partial charge in [0.1, 0.15) is 5.75 Å². The Morgan fingerprint density at radius 3 is 2.38 bits per heavy atom. The summed E-state index contributed by atoms with van der Waals surface area (Å²) in [7, 11) is -1.31. The summed E-state index contributed by atoms with van der Waals surface area (Å²) in [5, 5.41) is 0. The van der Waals surface area contributed by atoms with Crippen LogP contribution >= 0.6 is 0 Å². The molecule has 1 heterocycles. The molecule has 1 N–H and O–H groups in total. The highest BCUT2D eigenvalue weighted by Gasteiger charge is 2.30. The maximum absolute atomic E-state index is 12.8. The summed E-state index contributed by atoms with van der Waals surface area (Å²) in [5.74, 6) is 0.761. The Morgan fingerprint density at radius 2 is 1.81 bits per heavy atom. The van der Waals surface area contributed by atoms with Crippen molar-refractivity contribution >= 4 is 10.0 Å². The first-order chi connectivity index (χ1) is 9.86. The minimum Gasteiger partial charge on any atom is -0.494 e. The van der Waals surface area contributed by atoms with Crippen LogP contribution in [-0.2, 0) is 10.0 Å². The molecule has 0 saturated carbocycles. The van der Waals surface area contributed by atoms with Crippen LogP contribution in [0.1, 0.15) is 18.1 Å². The first-order valence-corrected chi connectivity index (χ1v) is 8.85. The highest BCUT2D eigenvalue weighted by Crippen LogP contribution is 2.27. The lowest BCUT2D eigenvalue weighted by Crippen LogP contribution is -3.12. The molecule has 0 atom stereocenters. The molecule has 1 aromatic rings. The zero-order valence-electron chi connectivity index (χ0n) is 13.3. The molecule has 21 heavy (non-hydrogen) atoms. The molecule has 0 bridgehead atoms. The first kappa shape index (κ1) is 16.3. The van der Waals surface area contributed by atoms with E-state index in [2.05, 4.69) is 7.05 Å². The molecule has 0 radical (unpaired) electrons. The smallest absolute Gasteiger partial charge is 0.243 e. The topological polar surface area (TPSA) is 51.1 Å². The van der Waals surface area contributed by atoms with E-state index in [-0.39, 0.29) is 0 Å². The molecule has 6 heteroatoms.